The lowest BCUT2D eigenvalue weighted by molar-refractivity contribution is 0.0955. The first-order valence-electron chi connectivity index (χ1n) is 6.98. The van der Waals surface area contributed by atoms with Gasteiger partial charge in [-0.2, -0.15) is 5.10 Å². The maximum Gasteiger partial charge on any atom is 0.271 e. The van der Waals surface area contributed by atoms with E-state index in [0.717, 1.165) is 4.47 Å². The Balaban J connectivity index is 2.13. The highest BCUT2D eigenvalue weighted by atomic mass is 79.9. The number of carbonyl (C=O) groups is 1. The topological polar surface area (TPSA) is 69.2 Å². The van der Waals surface area contributed by atoms with E-state index >= 15 is 0 Å². The Labute approximate surface area is 148 Å². The lowest BCUT2D eigenvalue weighted by Crippen LogP contribution is -2.17. The third-order valence-corrected chi connectivity index (χ3v) is 3.83. The lowest BCUT2D eigenvalue weighted by Gasteiger charge is -2.09. The molecule has 0 atom stereocenters. The quantitative estimate of drug-likeness (QED) is 0.605. The van der Waals surface area contributed by atoms with E-state index in [1.165, 1.54) is 6.21 Å². The third-order valence-electron chi connectivity index (χ3n) is 3.21. The second-order valence-corrected chi connectivity index (χ2v) is 5.51. The van der Waals surface area contributed by atoms with Crippen LogP contribution in [0.15, 0.2) is 46.0 Å². The highest BCUT2D eigenvalue weighted by molar-refractivity contribution is 9.10. The van der Waals surface area contributed by atoms with Crippen LogP contribution in [0.2, 0.25) is 0 Å². The summed E-state index contributed by atoms with van der Waals surface area (Å²) in [7, 11) is 4.67. The van der Waals surface area contributed by atoms with Gasteiger partial charge in [-0.15, -0.1) is 0 Å². The minimum atomic E-state index is -0.336. The highest BCUT2D eigenvalue weighted by Gasteiger charge is 2.09. The highest BCUT2D eigenvalue weighted by Crippen LogP contribution is 2.31. The van der Waals surface area contributed by atoms with Gasteiger partial charge in [0.2, 0.25) is 0 Å². The van der Waals surface area contributed by atoms with E-state index in [4.69, 9.17) is 14.2 Å². The molecule has 0 aliphatic carbocycles. The van der Waals surface area contributed by atoms with Gasteiger partial charge >= 0.3 is 0 Å². The number of methoxy groups -OCH3 is 3. The van der Waals surface area contributed by atoms with E-state index in [0.29, 0.717) is 28.4 Å². The van der Waals surface area contributed by atoms with Crippen LogP contribution < -0.4 is 19.6 Å². The van der Waals surface area contributed by atoms with Gasteiger partial charge in [0.05, 0.1) is 32.0 Å². The summed E-state index contributed by atoms with van der Waals surface area (Å²) in [6.07, 6.45) is 1.50. The molecule has 126 valence electrons. The van der Waals surface area contributed by atoms with Gasteiger partial charge in [0, 0.05) is 17.2 Å². The van der Waals surface area contributed by atoms with Crippen LogP contribution in [0.3, 0.4) is 0 Å². The molecule has 0 bridgehead atoms. The summed E-state index contributed by atoms with van der Waals surface area (Å²) in [5, 5.41) is 3.97. The van der Waals surface area contributed by atoms with Gasteiger partial charge < -0.3 is 14.2 Å². The second kappa shape index (κ2) is 8.35. The van der Waals surface area contributed by atoms with Gasteiger partial charge in [0.15, 0.2) is 0 Å². The molecule has 1 N–H and O–H groups in total. The number of hydrogen-bond acceptors (Lipinski definition) is 5. The van der Waals surface area contributed by atoms with Crippen molar-refractivity contribution in [3.05, 3.63) is 52.0 Å². The summed E-state index contributed by atoms with van der Waals surface area (Å²) >= 11 is 3.40. The molecule has 7 heteroatoms. The Morgan fingerprint density at radius 3 is 2.50 bits per heavy atom. The van der Waals surface area contributed by atoms with E-state index in [-0.39, 0.29) is 5.91 Å². The minimum Gasteiger partial charge on any atom is -0.497 e. The fraction of sp³-hybridized carbons (Fsp3) is 0.176. The van der Waals surface area contributed by atoms with Crippen molar-refractivity contribution < 1.29 is 19.0 Å². The van der Waals surface area contributed by atoms with Crippen molar-refractivity contribution >= 4 is 28.1 Å². The summed E-state index contributed by atoms with van der Waals surface area (Å²) < 4.78 is 16.4. The van der Waals surface area contributed by atoms with E-state index in [1.807, 2.05) is 0 Å². The number of hydrogen-bond donors (Lipinski definition) is 1. The molecular formula is C17H17BrN2O4. The van der Waals surface area contributed by atoms with Crippen LogP contribution in [0.1, 0.15) is 15.9 Å². The van der Waals surface area contributed by atoms with Crippen LogP contribution in [-0.4, -0.2) is 33.5 Å². The smallest absolute Gasteiger partial charge is 0.271 e. The number of hydrazone groups is 1. The molecular weight excluding hydrogens is 376 g/mol. The molecule has 0 fully saturated rings. The fourth-order valence-corrected chi connectivity index (χ4v) is 2.50. The molecule has 2 aromatic carbocycles. The van der Waals surface area contributed by atoms with Gasteiger partial charge in [-0.3, -0.25) is 4.79 Å². The Kier molecular flexibility index (Phi) is 6.20. The number of benzene rings is 2. The zero-order valence-electron chi connectivity index (χ0n) is 13.5. The molecule has 0 unspecified atom stereocenters. The van der Waals surface area contributed by atoms with Crippen molar-refractivity contribution in [3.8, 4) is 17.2 Å². The predicted molar refractivity (Wildman–Crippen MR) is 95.3 cm³/mol. The zero-order valence-corrected chi connectivity index (χ0v) is 15.1. The Bertz CT molecular complexity index is 762. The van der Waals surface area contributed by atoms with Crippen LogP contribution in [0, 0.1) is 0 Å². The van der Waals surface area contributed by atoms with Crippen molar-refractivity contribution in [1.29, 1.82) is 0 Å². The van der Waals surface area contributed by atoms with Crippen molar-refractivity contribution in [2.45, 2.75) is 0 Å². The van der Waals surface area contributed by atoms with Gasteiger partial charge in [-0.1, -0.05) is 6.07 Å². The van der Waals surface area contributed by atoms with Crippen LogP contribution in [0.5, 0.6) is 17.2 Å². The average molecular weight is 393 g/mol. The molecule has 0 aliphatic heterocycles. The molecule has 0 heterocycles. The monoisotopic (exact) mass is 392 g/mol. The van der Waals surface area contributed by atoms with Gasteiger partial charge in [0.25, 0.3) is 5.91 Å². The average Bonchev–Trinajstić information content (AvgIpc) is 2.61. The van der Waals surface area contributed by atoms with Crippen molar-refractivity contribution in [2.24, 2.45) is 5.10 Å². The molecule has 0 saturated heterocycles. The summed E-state index contributed by atoms with van der Waals surface area (Å²) in [6, 6.07) is 10.3. The molecule has 1 amide bonds. The largest absolute Gasteiger partial charge is 0.497 e. The minimum absolute atomic E-state index is 0.336. The van der Waals surface area contributed by atoms with Crippen molar-refractivity contribution in [1.82, 2.24) is 5.43 Å². The zero-order chi connectivity index (χ0) is 17.5. The van der Waals surface area contributed by atoms with E-state index in [1.54, 1.807) is 57.7 Å². The molecule has 0 spiro atoms. The van der Waals surface area contributed by atoms with Gasteiger partial charge in [-0.25, -0.2) is 5.43 Å². The molecule has 6 nitrogen and oxygen atoms in total. The summed E-state index contributed by atoms with van der Waals surface area (Å²) in [5.74, 6) is 1.49. The second-order valence-electron chi connectivity index (χ2n) is 4.66. The van der Waals surface area contributed by atoms with E-state index < -0.39 is 0 Å². The number of carbonyl (C=O) groups excluding carboxylic acids is 1. The van der Waals surface area contributed by atoms with Gasteiger partial charge in [0.1, 0.15) is 17.2 Å². The number of ether oxygens (including phenoxy) is 3. The SMILES string of the molecule is COc1cccc(C(=O)N/N=C/c2cc(Br)c(OC)cc2OC)c1. The van der Waals surface area contributed by atoms with Crippen molar-refractivity contribution in [3.63, 3.8) is 0 Å². The first kappa shape index (κ1) is 17.8. The normalized spacial score (nSPS) is 10.5. The number of nitrogens with one attached hydrogen (secondary N) is 1. The maximum absolute atomic E-state index is 12.1. The van der Waals surface area contributed by atoms with Crippen LogP contribution in [0.4, 0.5) is 0 Å². The number of amides is 1. The summed E-state index contributed by atoms with van der Waals surface area (Å²) in [5.41, 5.74) is 3.61. The third kappa shape index (κ3) is 4.26. The van der Waals surface area contributed by atoms with Gasteiger partial charge in [-0.05, 0) is 40.2 Å². The maximum atomic E-state index is 12.1. The van der Waals surface area contributed by atoms with E-state index in [2.05, 4.69) is 26.5 Å². The van der Waals surface area contributed by atoms with E-state index in [9.17, 15) is 4.79 Å². The first-order valence-corrected chi connectivity index (χ1v) is 7.77. The first-order chi connectivity index (χ1) is 11.6. The number of nitrogens with zero attached hydrogens (tertiary/aromatic N) is 1. The molecule has 0 aromatic heterocycles. The molecule has 0 saturated carbocycles. The molecule has 2 aromatic rings. The number of rotatable bonds is 6. The van der Waals surface area contributed by atoms with Crippen molar-refractivity contribution in [2.75, 3.05) is 21.3 Å². The fourth-order valence-electron chi connectivity index (χ4n) is 1.97. The Hall–Kier alpha value is -2.54. The molecule has 2 rings (SSSR count). The summed E-state index contributed by atoms with van der Waals surface area (Å²) in [6.45, 7) is 0. The molecule has 0 aliphatic rings. The van der Waals surface area contributed by atoms with Crippen LogP contribution >= 0.6 is 15.9 Å². The molecule has 24 heavy (non-hydrogen) atoms. The van der Waals surface area contributed by atoms with Crippen LogP contribution in [0.25, 0.3) is 0 Å². The Morgan fingerprint density at radius 2 is 1.83 bits per heavy atom. The van der Waals surface area contributed by atoms with Crippen LogP contribution in [-0.2, 0) is 0 Å². The number of halogens is 1. The lowest BCUT2D eigenvalue weighted by atomic mass is 10.2. The molecule has 0 radical (unpaired) electrons. The predicted octanol–water partition coefficient (Wildman–Crippen LogP) is 3.24. The standard InChI is InChI=1S/C17H17BrN2O4/c1-22-13-6-4-5-11(7-13)17(21)20-19-10-12-8-14(18)16(24-3)9-15(12)23-2/h4-10H,1-3H3,(H,20,21)/b19-10+. The summed E-state index contributed by atoms with van der Waals surface area (Å²) in [4.78, 5) is 12.1. The Morgan fingerprint density at radius 1 is 1.08 bits per heavy atom.